The van der Waals surface area contributed by atoms with Crippen LogP contribution in [0.15, 0.2) is 60.8 Å². The standard InChI is InChI=1S/C20H22N2O3/c1-25-18-7-8-19-16(12-18)9-10-22(19)13-20(24)21-17(14-23)11-15-5-3-2-4-6-15/h2-10,12,17,23H,11,13-14H2,1H3,(H,21,24)/t17-/m1/s1. The largest absolute Gasteiger partial charge is 0.497 e. The molecule has 2 aromatic carbocycles. The van der Waals surface area contributed by atoms with Crippen molar-refractivity contribution in [3.63, 3.8) is 0 Å². The highest BCUT2D eigenvalue weighted by Crippen LogP contribution is 2.21. The van der Waals surface area contributed by atoms with E-state index < -0.39 is 0 Å². The number of carbonyl (C=O) groups is 1. The summed E-state index contributed by atoms with van der Waals surface area (Å²) in [4.78, 5) is 12.4. The number of hydrogen-bond acceptors (Lipinski definition) is 3. The predicted molar refractivity (Wildman–Crippen MR) is 97.7 cm³/mol. The molecular weight excluding hydrogens is 316 g/mol. The molecule has 130 valence electrons. The van der Waals surface area contributed by atoms with Gasteiger partial charge in [-0.25, -0.2) is 0 Å². The molecule has 1 aromatic heterocycles. The molecule has 0 aliphatic rings. The van der Waals surface area contributed by atoms with E-state index in [4.69, 9.17) is 4.74 Å². The van der Waals surface area contributed by atoms with Crippen LogP contribution in [-0.2, 0) is 17.8 Å². The van der Waals surface area contributed by atoms with Gasteiger partial charge in [-0.05, 0) is 36.2 Å². The van der Waals surface area contributed by atoms with E-state index in [1.165, 1.54) is 0 Å². The van der Waals surface area contributed by atoms with E-state index in [0.29, 0.717) is 6.42 Å². The van der Waals surface area contributed by atoms with Crippen LogP contribution in [0, 0.1) is 0 Å². The molecular formula is C20H22N2O3. The Balaban J connectivity index is 1.65. The van der Waals surface area contributed by atoms with Crippen LogP contribution in [0.2, 0.25) is 0 Å². The topological polar surface area (TPSA) is 63.5 Å². The van der Waals surface area contributed by atoms with Crippen LogP contribution in [0.5, 0.6) is 5.75 Å². The number of amides is 1. The molecule has 1 atom stereocenters. The number of aliphatic hydroxyl groups is 1. The van der Waals surface area contributed by atoms with Crippen molar-refractivity contribution in [2.24, 2.45) is 0 Å². The van der Waals surface area contributed by atoms with E-state index in [1.54, 1.807) is 7.11 Å². The number of rotatable bonds is 7. The Kier molecular flexibility index (Phi) is 5.36. The van der Waals surface area contributed by atoms with Crippen LogP contribution in [-0.4, -0.2) is 35.3 Å². The Morgan fingerprint density at radius 2 is 2.00 bits per heavy atom. The number of methoxy groups -OCH3 is 1. The second kappa shape index (κ2) is 7.85. The van der Waals surface area contributed by atoms with Gasteiger partial charge < -0.3 is 19.7 Å². The summed E-state index contributed by atoms with van der Waals surface area (Å²) in [7, 11) is 1.63. The maximum absolute atomic E-state index is 12.4. The predicted octanol–water partition coefficient (Wildman–Crippen LogP) is 2.37. The van der Waals surface area contributed by atoms with Gasteiger partial charge in [-0.1, -0.05) is 30.3 Å². The molecule has 0 aliphatic heterocycles. The molecule has 2 N–H and O–H groups in total. The third kappa shape index (κ3) is 4.19. The van der Waals surface area contributed by atoms with Gasteiger partial charge in [-0.15, -0.1) is 0 Å². The Bertz CT molecular complexity index is 843. The molecule has 0 radical (unpaired) electrons. The molecule has 0 bridgehead atoms. The van der Waals surface area contributed by atoms with Gasteiger partial charge in [0.05, 0.1) is 19.8 Å². The van der Waals surface area contributed by atoms with Gasteiger partial charge in [0.25, 0.3) is 0 Å². The lowest BCUT2D eigenvalue weighted by atomic mass is 10.1. The minimum Gasteiger partial charge on any atom is -0.497 e. The van der Waals surface area contributed by atoms with Gasteiger partial charge in [0.2, 0.25) is 5.91 Å². The molecule has 25 heavy (non-hydrogen) atoms. The highest BCUT2D eigenvalue weighted by molar-refractivity contribution is 5.84. The van der Waals surface area contributed by atoms with Gasteiger partial charge in [0.15, 0.2) is 0 Å². The second-order valence-electron chi connectivity index (χ2n) is 6.01. The molecule has 3 rings (SSSR count). The fourth-order valence-electron chi connectivity index (χ4n) is 2.93. The molecule has 1 amide bonds. The average molecular weight is 338 g/mol. The molecule has 0 saturated heterocycles. The molecule has 0 fully saturated rings. The Hall–Kier alpha value is -2.79. The minimum atomic E-state index is -0.295. The van der Waals surface area contributed by atoms with Crippen LogP contribution < -0.4 is 10.1 Å². The van der Waals surface area contributed by atoms with Gasteiger partial charge >= 0.3 is 0 Å². The van der Waals surface area contributed by atoms with Crippen molar-refractivity contribution in [3.8, 4) is 5.75 Å². The average Bonchev–Trinajstić information content (AvgIpc) is 3.03. The van der Waals surface area contributed by atoms with Crippen molar-refractivity contribution in [2.45, 2.75) is 19.0 Å². The summed E-state index contributed by atoms with van der Waals surface area (Å²) in [6.07, 6.45) is 2.49. The fourth-order valence-corrected chi connectivity index (χ4v) is 2.93. The molecule has 0 saturated carbocycles. The number of fused-ring (bicyclic) bond motifs is 1. The number of ether oxygens (including phenoxy) is 1. The molecule has 0 aliphatic carbocycles. The van der Waals surface area contributed by atoms with Gasteiger partial charge in [-0.3, -0.25) is 4.79 Å². The SMILES string of the molecule is COc1ccc2c(ccn2CC(=O)N[C@@H](CO)Cc2ccccc2)c1. The van der Waals surface area contributed by atoms with E-state index in [1.807, 2.05) is 65.4 Å². The van der Waals surface area contributed by atoms with E-state index in [2.05, 4.69) is 5.32 Å². The number of nitrogens with zero attached hydrogens (tertiary/aromatic N) is 1. The van der Waals surface area contributed by atoms with Crippen molar-refractivity contribution in [2.75, 3.05) is 13.7 Å². The van der Waals surface area contributed by atoms with Crippen LogP contribution in [0.3, 0.4) is 0 Å². The quantitative estimate of drug-likeness (QED) is 0.695. The number of aromatic nitrogens is 1. The first-order valence-corrected chi connectivity index (χ1v) is 8.26. The van der Waals surface area contributed by atoms with Gasteiger partial charge in [-0.2, -0.15) is 0 Å². The zero-order valence-corrected chi connectivity index (χ0v) is 14.2. The number of hydrogen-bond donors (Lipinski definition) is 2. The molecule has 0 unspecified atom stereocenters. The number of benzene rings is 2. The van der Waals surface area contributed by atoms with Crippen LogP contribution >= 0.6 is 0 Å². The normalized spacial score (nSPS) is 12.1. The summed E-state index contributed by atoms with van der Waals surface area (Å²) in [5, 5.41) is 13.5. The lowest BCUT2D eigenvalue weighted by Crippen LogP contribution is -2.40. The molecule has 5 heteroatoms. The Labute approximate surface area is 146 Å². The highest BCUT2D eigenvalue weighted by atomic mass is 16.5. The van der Waals surface area contributed by atoms with Crippen molar-refractivity contribution >= 4 is 16.8 Å². The first-order valence-electron chi connectivity index (χ1n) is 8.26. The van der Waals surface area contributed by atoms with Crippen molar-refractivity contribution in [1.82, 2.24) is 9.88 Å². The molecule has 0 spiro atoms. The van der Waals surface area contributed by atoms with E-state index >= 15 is 0 Å². The van der Waals surface area contributed by atoms with Gasteiger partial charge in [0, 0.05) is 17.1 Å². The van der Waals surface area contributed by atoms with Crippen molar-refractivity contribution < 1.29 is 14.6 Å². The first kappa shape index (κ1) is 17.0. The lowest BCUT2D eigenvalue weighted by Gasteiger charge is -2.17. The monoisotopic (exact) mass is 338 g/mol. The van der Waals surface area contributed by atoms with E-state index in [-0.39, 0.29) is 25.1 Å². The number of carbonyl (C=O) groups excluding carboxylic acids is 1. The molecule has 5 nitrogen and oxygen atoms in total. The maximum atomic E-state index is 12.4. The van der Waals surface area contributed by atoms with Crippen molar-refractivity contribution in [3.05, 3.63) is 66.4 Å². The molecule has 3 aromatic rings. The summed E-state index contributed by atoms with van der Waals surface area (Å²) in [6.45, 7) is 0.116. The summed E-state index contributed by atoms with van der Waals surface area (Å²) in [6, 6.07) is 17.2. The van der Waals surface area contributed by atoms with Crippen molar-refractivity contribution in [1.29, 1.82) is 0 Å². The maximum Gasteiger partial charge on any atom is 0.240 e. The van der Waals surface area contributed by atoms with Crippen LogP contribution in [0.25, 0.3) is 10.9 Å². The smallest absolute Gasteiger partial charge is 0.240 e. The number of nitrogens with one attached hydrogen (secondary N) is 1. The molecule has 1 heterocycles. The van der Waals surface area contributed by atoms with Crippen LogP contribution in [0.1, 0.15) is 5.56 Å². The zero-order valence-electron chi connectivity index (χ0n) is 14.2. The second-order valence-corrected chi connectivity index (χ2v) is 6.01. The first-order chi connectivity index (χ1) is 12.2. The minimum absolute atomic E-state index is 0.0930. The number of aliphatic hydroxyl groups excluding tert-OH is 1. The lowest BCUT2D eigenvalue weighted by molar-refractivity contribution is -0.122. The third-order valence-electron chi connectivity index (χ3n) is 4.20. The van der Waals surface area contributed by atoms with E-state index in [9.17, 15) is 9.90 Å². The summed E-state index contributed by atoms with van der Waals surface area (Å²) < 4.78 is 7.11. The Morgan fingerprint density at radius 1 is 1.20 bits per heavy atom. The third-order valence-corrected chi connectivity index (χ3v) is 4.20. The summed E-state index contributed by atoms with van der Waals surface area (Å²) in [5.41, 5.74) is 2.06. The zero-order chi connectivity index (χ0) is 17.6. The summed E-state index contributed by atoms with van der Waals surface area (Å²) >= 11 is 0. The van der Waals surface area contributed by atoms with E-state index in [0.717, 1.165) is 22.2 Å². The van der Waals surface area contributed by atoms with Crippen LogP contribution in [0.4, 0.5) is 0 Å². The fraction of sp³-hybridized carbons (Fsp3) is 0.250. The Morgan fingerprint density at radius 3 is 2.72 bits per heavy atom. The summed E-state index contributed by atoms with van der Waals surface area (Å²) in [5.74, 6) is 0.668. The van der Waals surface area contributed by atoms with Gasteiger partial charge in [0.1, 0.15) is 12.3 Å². The highest BCUT2D eigenvalue weighted by Gasteiger charge is 2.13.